The largest absolute Gasteiger partial charge is 0.461 e. The van der Waals surface area contributed by atoms with Crippen LogP contribution >= 0.6 is 12.6 Å². The monoisotopic (exact) mass is 323 g/mol. The van der Waals surface area contributed by atoms with Crippen molar-refractivity contribution in [2.45, 2.75) is 44.2 Å². The van der Waals surface area contributed by atoms with Gasteiger partial charge in [0.25, 0.3) is 0 Å². The highest BCUT2D eigenvalue weighted by Gasteiger charge is 2.24. The predicted octanol–water partition coefficient (Wildman–Crippen LogP) is 3.10. The van der Waals surface area contributed by atoms with Crippen molar-refractivity contribution in [1.29, 1.82) is 0 Å². The number of alkyl carbamates (subject to hydrolysis) is 1. The van der Waals surface area contributed by atoms with Crippen LogP contribution in [0, 0.1) is 0 Å². The van der Waals surface area contributed by atoms with Crippen LogP contribution in [0.5, 0.6) is 0 Å². The van der Waals surface area contributed by atoms with Gasteiger partial charge in [-0.2, -0.15) is 0 Å². The number of amides is 1. The van der Waals surface area contributed by atoms with E-state index in [2.05, 4.69) is 24.5 Å². The third-order valence-electron chi connectivity index (χ3n) is 2.57. The van der Waals surface area contributed by atoms with E-state index in [0.717, 1.165) is 10.5 Å². The second-order valence-electron chi connectivity index (χ2n) is 5.14. The molecule has 0 aliphatic rings. The van der Waals surface area contributed by atoms with Gasteiger partial charge >= 0.3 is 12.1 Å². The number of carbonyl (C=O) groups excluding carboxylic acids is 2. The molecule has 1 rings (SSSR count). The van der Waals surface area contributed by atoms with Gasteiger partial charge in [-0.25, -0.2) is 9.59 Å². The number of nitrogens with one attached hydrogen (secondary N) is 1. The van der Waals surface area contributed by atoms with Gasteiger partial charge in [-0.05, 0) is 38.5 Å². The van der Waals surface area contributed by atoms with Gasteiger partial charge in [0.05, 0.1) is 11.9 Å². The van der Waals surface area contributed by atoms with Crippen molar-refractivity contribution in [2.75, 3.05) is 0 Å². The molecule has 1 aromatic carbocycles. The fourth-order valence-electron chi connectivity index (χ4n) is 1.71. The third-order valence-corrected chi connectivity index (χ3v) is 2.87. The number of allylic oxidation sites excluding steroid dienone is 1. The van der Waals surface area contributed by atoms with E-state index in [4.69, 9.17) is 9.47 Å². The van der Waals surface area contributed by atoms with E-state index in [1.54, 1.807) is 20.8 Å². The standard InChI is InChI=1S/C16H21NO4S/c1-10(2)20-15(18)14(17-16(19)21-11(3)4)9-12-5-7-13(22)8-6-12/h5-8,10,14,22H,3,9H2,1-2,4H3,(H,17,19)/t14-/m1/s1. The normalized spacial score (nSPS) is 11.7. The van der Waals surface area contributed by atoms with Gasteiger partial charge < -0.3 is 14.8 Å². The zero-order valence-corrected chi connectivity index (χ0v) is 13.9. The topological polar surface area (TPSA) is 64.6 Å². The molecule has 0 heterocycles. The fraction of sp³-hybridized carbons (Fsp3) is 0.375. The maximum atomic E-state index is 12.1. The Morgan fingerprint density at radius 3 is 2.36 bits per heavy atom. The Bertz CT molecular complexity index is 540. The minimum atomic E-state index is -0.833. The first-order chi connectivity index (χ1) is 10.3. The van der Waals surface area contributed by atoms with Gasteiger partial charge in [0.2, 0.25) is 0 Å². The number of thiol groups is 1. The van der Waals surface area contributed by atoms with Crippen molar-refractivity contribution >= 4 is 24.7 Å². The Labute approximate surface area is 136 Å². The summed E-state index contributed by atoms with van der Waals surface area (Å²) in [6, 6.07) is 6.47. The maximum Gasteiger partial charge on any atom is 0.412 e. The first-order valence-corrected chi connectivity index (χ1v) is 7.35. The number of benzene rings is 1. The van der Waals surface area contributed by atoms with Gasteiger partial charge in [-0.15, -0.1) is 12.6 Å². The maximum absolute atomic E-state index is 12.1. The van der Waals surface area contributed by atoms with Gasteiger partial charge in [-0.1, -0.05) is 18.7 Å². The predicted molar refractivity (Wildman–Crippen MR) is 86.8 cm³/mol. The number of hydrogen-bond donors (Lipinski definition) is 2. The Kier molecular flexibility index (Phi) is 6.98. The first kappa shape index (κ1) is 18.1. The molecule has 0 bridgehead atoms. The fourth-order valence-corrected chi connectivity index (χ4v) is 1.85. The number of rotatable bonds is 6. The summed E-state index contributed by atoms with van der Waals surface area (Å²) < 4.78 is 10.00. The lowest BCUT2D eigenvalue weighted by Crippen LogP contribution is -2.44. The van der Waals surface area contributed by atoms with E-state index in [1.165, 1.54) is 0 Å². The van der Waals surface area contributed by atoms with E-state index in [-0.39, 0.29) is 11.9 Å². The lowest BCUT2D eigenvalue weighted by Gasteiger charge is -2.19. The molecule has 0 aromatic heterocycles. The van der Waals surface area contributed by atoms with Crippen LogP contribution in [0.25, 0.3) is 0 Å². The summed E-state index contributed by atoms with van der Waals surface area (Å²) in [5, 5.41) is 2.50. The molecule has 1 amide bonds. The molecule has 120 valence electrons. The van der Waals surface area contributed by atoms with Crippen LogP contribution in [0.4, 0.5) is 4.79 Å². The summed E-state index contributed by atoms with van der Waals surface area (Å²) in [4.78, 5) is 24.6. The number of esters is 1. The van der Waals surface area contributed by atoms with Gasteiger partial charge in [0.1, 0.15) is 6.04 Å². The number of ether oxygens (including phenoxy) is 2. The zero-order chi connectivity index (χ0) is 16.7. The van der Waals surface area contributed by atoms with Gasteiger partial charge in [0.15, 0.2) is 0 Å². The SMILES string of the molecule is C=C(C)OC(=O)N[C@H](Cc1ccc(S)cc1)C(=O)OC(C)C. The van der Waals surface area contributed by atoms with Gasteiger partial charge in [-0.3, -0.25) is 0 Å². The zero-order valence-electron chi connectivity index (χ0n) is 13.0. The molecule has 0 aliphatic heterocycles. The van der Waals surface area contributed by atoms with Crippen LogP contribution in [-0.4, -0.2) is 24.2 Å². The lowest BCUT2D eigenvalue weighted by molar-refractivity contribution is -0.149. The van der Waals surface area contributed by atoms with Crippen LogP contribution in [0.1, 0.15) is 26.3 Å². The summed E-state index contributed by atoms with van der Waals surface area (Å²) in [5.41, 5.74) is 0.874. The summed E-state index contributed by atoms with van der Waals surface area (Å²) in [7, 11) is 0. The minimum absolute atomic E-state index is 0.243. The third kappa shape index (κ3) is 6.67. The Morgan fingerprint density at radius 2 is 1.86 bits per heavy atom. The van der Waals surface area contributed by atoms with Gasteiger partial charge in [0, 0.05) is 11.3 Å². The highest BCUT2D eigenvalue weighted by molar-refractivity contribution is 7.80. The summed E-state index contributed by atoms with van der Waals surface area (Å²) in [6.07, 6.45) is -0.706. The minimum Gasteiger partial charge on any atom is -0.461 e. The lowest BCUT2D eigenvalue weighted by atomic mass is 10.1. The highest BCUT2D eigenvalue weighted by atomic mass is 32.1. The first-order valence-electron chi connectivity index (χ1n) is 6.90. The van der Waals surface area contributed by atoms with Crippen LogP contribution in [-0.2, 0) is 20.7 Å². The molecule has 0 saturated carbocycles. The summed E-state index contributed by atoms with van der Waals surface area (Å²) in [5.74, 6) is -0.267. The molecule has 22 heavy (non-hydrogen) atoms. The van der Waals surface area contributed by atoms with E-state index >= 15 is 0 Å². The quantitative estimate of drug-likeness (QED) is 0.480. The molecule has 0 saturated heterocycles. The van der Waals surface area contributed by atoms with E-state index in [0.29, 0.717) is 6.42 Å². The molecule has 1 aromatic rings. The van der Waals surface area contributed by atoms with E-state index in [1.807, 2.05) is 24.3 Å². The smallest absolute Gasteiger partial charge is 0.412 e. The molecule has 5 nitrogen and oxygen atoms in total. The van der Waals surface area contributed by atoms with E-state index < -0.39 is 18.1 Å². The number of hydrogen-bond acceptors (Lipinski definition) is 5. The Morgan fingerprint density at radius 1 is 1.27 bits per heavy atom. The molecule has 0 spiro atoms. The number of carbonyl (C=O) groups is 2. The molecular formula is C16H21NO4S. The molecule has 0 unspecified atom stereocenters. The molecule has 0 aliphatic carbocycles. The highest BCUT2D eigenvalue weighted by Crippen LogP contribution is 2.11. The van der Waals surface area contributed by atoms with Crippen LogP contribution in [0.3, 0.4) is 0 Å². The van der Waals surface area contributed by atoms with E-state index in [9.17, 15) is 9.59 Å². The summed E-state index contributed by atoms with van der Waals surface area (Å²) in [6.45, 7) is 8.52. The van der Waals surface area contributed by atoms with Crippen molar-refractivity contribution in [1.82, 2.24) is 5.32 Å². The second kappa shape index (κ2) is 8.48. The van der Waals surface area contributed by atoms with Crippen molar-refractivity contribution in [3.05, 3.63) is 42.2 Å². The molecular weight excluding hydrogens is 302 g/mol. The van der Waals surface area contributed by atoms with Crippen molar-refractivity contribution in [2.24, 2.45) is 0 Å². The van der Waals surface area contributed by atoms with Crippen molar-refractivity contribution < 1.29 is 19.1 Å². The average Bonchev–Trinajstić information content (AvgIpc) is 2.38. The second-order valence-corrected chi connectivity index (χ2v) is 5.66. The Hall–Kier alpha value is -1.95. The molecule has 1 atom stereocenters. The van der Waals surface area contributed by atoms with Crippen LogP contribution in [0.15, 0.2) is 41.5 Å². The molecule has 0 radical (unpaired) electrons. The molecule has 6 heteroatoms. The Balaban J connectivity index is 2.80. The van der Waals surface area contributed by atoms with Crippen LogP contribution in [0.2, 0.25) is 0 Å². The average molecular weight is 323 g/mol. The van der Waals surface area contributed by atoms with Crippen LogP contribution < -0.4 is 5.32 Å². The van der Waals surface area contributed by atoms with Crippen molar-refractivity contribution in [3.63, 3.8) is 0 Å². The summed E-state index contributed by atoms with van der Waals surface area (Å²) >= 11 is 4.21. The molecule has 0 fully saturated rings. The van der Waals surface area contributed by atoms with Crippen molar-refractivity contribution in [3.8, 4) is 0 Å². The molecule has 1 N–H and O–H groups in total.